The molecule has 2 aromatic rings. The van der Waals surface area contributed by atoms with E-state index in [4.69, 9.17) is 4.52 Å². The minimum Gasteiger partial charge on any atom is -0.360 e. The Kier molecular flexibility index (Phi) is 5.76. The molecule has 1 N–H and O–H groups in total. The van der Waals surface area contributed by atoms with Crippen LogP contribution in [0.3, 0.4) is 0 Å². The number of rotatable bonds is 3. The number of carbonyl (C=O) groups excluding carboxylic acids is 3. The van der Waals surface area contributed by atoms with Gasteiger partial charge >= 0.3 is 11.8 Å². The summed E-state index contributed by atoms with van der Waals surface area (Å²) in [5.41, 5.74) is 2.27. The first-order valence-corrected chi connectivity index (χ1v) is 9.70. The van der Waals surface area contributed by atoms with Gasteiger partial charge in [0.2, 0.25) is 0 Å². The molecule has 0 saturated carbocycles. The van der Waals surface area contributed by atoms with E-state index in [-0.39, 0.29) is 11.9 Å². The number of hydrogen-bond donors (Lipinski definition) is 1. The maximum absolute atomic E-state index is 13.1. The van der Waals surface area contributed by atoms with Crippen LogP contribution in [0.25, 0.3) is 5.82 Å². The van der Waals surface area contributed by atoms with Crippen molar-refractivity contribution >= 4 is 17.7 Å². The topological polar surface area (TPSA) is 101 Å². The van der Waals surface area contributed by atoms with Gasteiger partial charge in [-0.25, -0.2) is 0 Å². The highest BCUT2D eigenvalue weighted by molar-refractivity contribution is 6.35. The molecule has 1 saturated heterocycles. The molecule has 0 aromatic carbocycles. The Morgan fingerprint density at radius 2 is 1.66 bits per heavy atom. The molecular formula is C20H27N5O4. The smallest absolute Gasteiger partial charge is 0.312 e. The summed E-state index contributed by atoms with van der Waals surface area (Å²) in [4.78, 5) is 40.4. The van der Waals surface area contributed by atoms with Crippen molar-refractivity contribution < 1.29 is 18.9 Å². The van der Waals surface area contributed by atoms with Crippen molar-refractivity contribution in [2.75, 3.05) is 26.2 Å². The Morgan fingerprint density at radius 1 is 1.03 bits per heavy atom. The van der Waals surface area contributed by atoms with E-state index in [0.717, 1.165) is 11.4 Å². The van der Waals surface area contributed by atoms with Crippen molar-refractivity contribution in [3.8, 4) is 5.82 Å². The molecule has 9 nitrogen and oxygen atoms in total. The van der Waals surface area contributed by atoms with Crippen molar-refractivity contribution in [1.82, 2.24) is 24.8 Å². The van der Waals surface area contributed by atoms with E-state index < -0.39 is 11.8 Å². The highest BCUT2D eigenvalue weighted by Gasteiger charge is 2.30. The number of nitrogens with zero attached hydrogens (tertiary/aromatic N) is 4. The van der Waals surface area contributed by atoms with Gasteiger partial charge in [-0.2, -0.15) is 0 Å². The molecular weight excluding hydrogens is 374 g/mol. The molecule has 156 valence electrons. The largest absolute Gasteiger partial charge is 0.360 e. The van der Waals surface area contributed by atoms with E-state index in [2.05, 4.69) is 10.5 Å². The van der Waals surface area contributed by atoms with Gasteiger partial charge in [-0.05, 0) is 40.7 Å². The van der Waals surface area contributed by atoms with Crippen molar-refractivity contribution in [3.05, 3.63) is 34.8 Å². The number of aromatic nitrogens is 2. The van der Waals surface area contributed by atoms with Crippen LogP contribution in [0.5, 0.6) is 0 Å². The van der Waals surface area contributed by atoms with E-state index in [1.54, 1.807) is 18.7 Å². The summed E-state index contributed by atoms with van der Waals surface area (Å²) in [5.74, 6) is 0.0886. The first-order chi connectivity index (χ1) is 13.7. The predicted octanol–water partition coefficient (Wildman–Crippen LogP) is 1.20. The lowest BCUT2D eigenvalue weighted by atomic mass is 10.2. The van der Waals surface area contributed by atoms with Gasteiger partial charge < -0.3 is 19.6 Å². The Balaban J connectivity index is 1.69. The molecule has 0 unspecified atom stereocenters. The quantitative estimate of drug-likeness (QED) is 0.779. The van der Waals surface area contributed by atoms with Crippen LogP contribution in [0.1, 0.15) is 41.4 Å². The van der Waals surface area contributed by atoms with Crippen LogP contribution < -0.4 is 5.32 Å². The fourth-order valence-electron chi connectivity index (χ4n) is 3.54. The molecule has 3 rings (SSSR count). The standard InChI is InChI=1S/C20H27N5O4/c1-12(2)21-18(26)20(28)24-8-6-23(7-9-24)19(27)16-10-13(3)25(15(16)5)17-11-14(4)29-22-17/h10-12H,6-9H2,1-5H3,(H,21,26). The van der Waals surface area contributed by atoms with E-state index in [1.807, 2.05) is 37.5 Å². The van der Waals surface area contributed by atoms with E-state index in [9.17, 15) is 14.4 Å². The molecule has 3 amide bonds. The molecule has 1 aliphatic heterocycles. The Morgan fingerprint density at radius 3 is 2.21 bits per heavy atom. The van der Waals surface area contributed by atoms with Gasteiger partial charge in [-0.15, -0.1) is 0 Å². The van der Waals surface area contributed by atoms with Gasteiger partial charge in [0.15, 0.2) is 5.82 Å². The lowest BCUT2D eigenvalue weighted by Gasteiger charge is -2.34. The Hall–Kier alpha value is -3.10. The summed E-state index contributed by atoms with van der Waals surface area (Å²) >= 11 is 0. The highest BCUT2D eigenvalue weighted by atomic mass is 16.5. The molecule has 3 heterocycles. The van der Waals surface area contributed by atoms with Crippen LogP contribution in [-0.2, 0) is 9.59 Å². The van der Waals surface area contributed by atoms with Crippen molar-refractivity contribution in [1.29, 1.82) is 0 Å². The monoisotopic (exact) mass is 401 g/mol. The van der Waals surface area contributed by atoms with E-state index in [1.165, 1.54) is 4.90 Å². The van der Waals surface area contributed by atoms with Crippen molar-refractivity contribution in [2.24, 2.45) is 0 Å². The predicted molar refractivity (Wildman–Crippen MR) is 106 cm³/mol. The fraction of sp³-hybridized carbons (Fsp3) is 0.500. The third-order valence-corrected chi connectivity index (χ3v) is 4.97. The third kappa shape index (κ3) is 4.18. The van der Waals surface area contributed by atoms with Crippen LogP contribution in [0.15, 0.2) is 16.7 Å². The highest BCUT2D eigenvalue weighted by Crippen LogP contribution is 2.22. The molecule has 0 atom stereocenters. The van der Waals surface area contributed by atoms with Gasteiger partial charge in [0.1, 0.15) is 5.76 Å². The molecule has 29 heavy (non-hydrogen) atoms. The lowest BCUT2D eigenvalue weighted by Crippen LogP contribution is -2.54. The maximum atomic E-state index is 13.1. The van der Waals surface area contributed by atoms with Crippen LogP contribution >= 0.6 is 0 Å². The van der Waals surface area contributed by atoms with Crippen molar-refractivity contribution in [3.63, 3.8) is 0 Å². The molecule has 0 radical (unpaired) electrons. The number of nitrogens with one attached hydrogen (secondary N) is 1. The second kappa shape index (κ2) is 8.10. The molecule has 0 aliphatic carbocycles. The Labute approximate surface area is 169 Å². The molecule has 0 bridgehead atoms. The number of carbonyl (C=O) groups is 3. The molecule has 1 fully saturated rings. The summed E-state index contributed by atoms with van der Waals surface area (Å²) in [6.07, 6.45) is 0. The average molecular weight is 401 g/mol. The van der Waals surface area contributed by atoms with Crippen LogP contribution in [-0.4, -0.2) is 69.5 Å². The zero-order valence-electron chi connectivity index (χ0n) is 17.5. The molecule has 9 heteroatoms. The second-order valence-corrected chi connectivity index (χ2v) is 7.63. The van der Waals surface area contributed by atoms with Crippen LogP contribution in [0.4, 0.5) is 0 Å². The average Bonchev–Trinajstić information content (AvgIpc) is 3.22. The number of piperazine rings is 1. The van der Waals surface area contributed by atoms with Crippen molar-refractivity contribution in [2.45, 2.75) is 40.7 Å². The summed E-state index contributed by atoms with van der Waals surface area (Å²) in [6.45, 7) is 10.6. The van der Waals surface area contributed by atoms with Gasteiger partial charge in [0.05, 0.1) is 5.56 Å². The Bertz CT molecular complexity index is 935. The number of aryl methyl sites for hydroxylation is 2. The molecule has 2 aromatic heterocycles. The van der Waals surface area contributed by atoms with Gasteiger partial charge in [-0.3, -0.25) is 19.0 Å². The maximum Gasteiger partial charge on any atom is 0.312 e. The van der Waals surface area contributed by atoms with E-state index >= 15 is 0 Å². The zero-order chi connectivity index (χ0) is 21.3. The first kappa shape index (κ1) is 20.6. The molecule has 1 aliphatic rings. The first-order valence-electron chi connectivity index (χ1n) is 9.70. The summed E-state index contributed by atoms with van der Waals surface area (Å²) in [6, 6.07) is 3.56. The van der Waals surface area contributed by atoms with Gasteiger partial charge in [0.25, 0.3) is 5.91 Å². The van der Waals surface area contributed by atoms with Gasteiger partial charge in [-0.1, -0.05) is 5.16 Å². The van der Waals surface area contributed by atoms with Gasteiger partial charge in [0, 0.05) is 49.7 Å². The number of hydrogen-bond acceptors (Lipinski definition) is 5. The summed E-state index contributed by atoms with van der Waals surface area (Å²) in [7, 11) is 0. The molecule has 0 spiro atoms. The summed E-state index contributed by atoms with van der Waals surface area (Å²) in [5, 5.41) is 6.65. The zero-order valence-corrected chi connectivity index (χ0v) is 17.5. The normalized spacial score (nSPS) is 14.4. The fourth-order valence-corrected chi connectivity index (χ4v) is 3.54. The summed E-state index contributed by atoms with van der Waals surface area (Å²) < 4.78 is 7.04. The van der Waals surface area contributed by atoms with E-state index in [0.29, 0.717) is 43.3 Å². The van der Waals surface area contributed by atoms with Crippen LogP contribution in [0, 0.1) is 20.8 Å². The second-order valence-electron chi connectivity index (χ2n) is 7.63. The van der Waals surface area contributed by atoms with Crippen LogP contribution in [0.2, 0.25) is 0 Å². The minimum absolute atomic E-state index is 0.0942. The SMILES string of the molecule is Cc1cc(-n2c(C)cc(C(=O)N3CCN(C(=O)C(=O)NC(C)C)CC3)c2C)no1. The minimum atomic E-state index is -0.605. The third-order valence-electron chi connectivity index (χ3n) is 4.97. The lowest BCUT2D eigenvalue weighted by molar-refractivity contribution is -0.147. The number of amides is 3.